The summed E-state index contributed by atoms with van der Waals surface area (Å²) in [5.74, 6) is -0.633. The number of benzene rings is 2. The van der Waals surface area contributed by atoms with Gasteiger partial charge in [-0.3, -0.25) is 14.4 Å². The predicted octanol–water partition coefficient (Wildman–Crippen LogP) is 3.82. The Morgan fingerprint density at radius 1 is 1.15 bits per heavy atom. The third-order valence-corrected chi connectivity index (χ3v) is 4.86. The number of rotatable bonds is 6. The average Bonchev–Trinajstić information content (AvgIpc) is 2.91. The number of carbonyl (C=O) groups excluding carboxylic acids is 3. The Kier molecular flexibility index (Phi) is 5.75. The lowest BCUT2D eigenvalue weighted by Crippen LogP contribution is -2.32. The van der Waals surface area contributed by atoms with E-state index in [-0.39, 0.29) is 18.0 Å². The molecule has 1 saturated heterocycles. The summed E-state index contributed by atoms with van der Waals surface area (Å²) in [6.45, 7) is 2.42. The summed E-state index contributed by atoms with van der Waals surface area (Å²) in [4.78, 5) is 37.9. The first-order valence-corrected chi connectivity index (χ1v) is 9.18. The molecule has 6 nitrogen and oxygen atoms in total. The Morgan fingerprint density at radius 2 is 1.81 bits per heavy atom. The molecule has 27 heavy (non-hydrogen) atoms. The van der Waals surface area contributed by atoms with Crippen LogP contribution in [0.25, 0.3) is 0 Å². The predicted molar refractivity (Wildman–Crippen MR) is 102 cm³/mol. The fraction of sp³-hybridized carbons (Fsp3) is 0.211. The molecule has 1 heterocycles. The minimum absolute atomic E-state index is 0.139. The molecule has 0 bridgehead atoms. The topological polar surface area (TPSA) is 75.7 Å². The molecule has 140 valence electrons. The molecule has 8 heteroatoms. The van der Waals surface area contributed by atoms with Crippen LogP contribution in [0.4, 0.5) is 20.6 Å². The zero-order valence-corrected chi connectivity index (χ0v) is 15.3. The van der Waals surface area contributed by atoms with E-state index in [4.69, 9.17) is 4.74 Å². The van der Waals surface area contributed by atoms with Crippen molar-refractivity contribution >= 4 is 40.2 Å². The fourth-order valence-electron chi connectivity index (χ4n) is 2.59. The minimum atomic E-state index is -0.815. The Labute approximate surface area is 159 Å². The lowest BCUT2D eigenvalue weighted by atomic mass is 10.2. The van der Waals surface area contributed by atoms with Crippen molar-refractivity contribution < 1.29 is 23.5 Å². The number of ether oxygens (including phenoxy) is 1. The van der Waals surface area contributed by atoms with Gasteiger partial charge in [0.25, 0.3) is 5.24 Å². The number of nitrogens with zero attached hydrogens (tertiary/aromatic N) is 1. The first-order valence-electron chi connectivity index (χ1n) is 8.31. The standard InChI is InChI=1S/C19H17FN2O4S/c1-2-26-15-9-5-13(6-10-15)21-17(23)11-16-18(24)22(19(25)27-16)14-7-3-12(20)4-8-14/h3-10,16H,2,11H2,1H3,(H,21,23)/t16-/m1/s1. The maximum Gasteiger partial charge on any atom is 0.293 e. The van der Waals surface area contributed by atoms with Gasteiger partial charge in [-0.15, -0.1) is 0 Å². The van der Waals surface area contributed by atoms with Gasteiger partial charge in [0.15, 0.2) is 0 Å². The molecular weight excluding hydrogens is 371 g/mol. The van der Waals surface area contributed by atoms with E-state index >= 15 is 0 Å². The summed E-state index contributed by atoms with van der Waals surface area (Å²) in [6, 6.07) is 11.9. The van der Waals surface area contributed by atoms with Crippen LogP contribution in [0.1, 0.15) is 13.3 Å². The van der Waals surface area contributed by atoms with Gasteiger partial charge < -0.3 is 10.1 Å². The number of halogens is 1. The van der Waals surface area contributed by atoms with Crippen LogP contribution in [0, 0.1) is 5.82 Å². The van der Waals surface area contributed by atoms with Crippen LogP contribution in [0.2, 0.25) is 0 Å². The molecule has 1 N–H and O–H groups in total. The summed E-state index contributed by atoms with van der Waals surface area (Å²) >= 11 is 0.792. The third-order valence-electron chi connectivity index (χ3n) is 3.83. The number of anilines is 2. The monoisotopic (exact) mass is 388 g/mol. The van der Waals surface area contributed by atoms with Crippen LogP contribution in [-0.4, -0.2) is 28.9 Å². The highest BCUT2D eigenvalue weighted by atomic mass is 32.2. The van der Waals surface area contributed by atoms with Gasteiger partial charge in [-0.05, 0) is 67.2 Å². The summed E-state index contributed by atoms with van der Waals surface area (Å²) < 4.78 is 18.4. The largest absolute Gasteiger partial charge is 0.494 e. The number of amides is 3. The second kappa shape index (κ2) is 8.22. The van der Waals surface area contributed by atoms with Crippen molar-refractivity contribution in [2.75, 3.05) is 16.8 Å². The van der Waals surface area contributed by atoms with E-state index in [9.17, 15) is 18.8 Å². The van der Waals surface area contributed by atoms with E-state index in [1.807, 2.05) is 6.92 Å². The number of hydrogen-bond donors (Lipinski definition) is 1. The molecule has 1 fully saturated rings. The molecule has 0 saturated carbocycles. The minimum Gasteiger partial charge on any atom is -0.494 e. The van der Waals surface area contributed by atoms with Gasteiger partial charge >= 0.3 is 0 Å². The fourth-order valence-corrected chi connectivity index (χ4v) is 3.58. The average molecular weight is 388 g/mol. The van der Waals surface area contributed by atoms with Gasteiger partial charge in [-0.2, -0.15) is 0 Å². The lowest BCUT2D eigenvalue weighted by molar-refractivity contribution is -0.121. The van der Waals surface area contributed by atoms with Crippen LogP contribution in [-0.2, 0) is 9.59 Å². The lowest BCUT2D eigenvalue weighted by Gasteiger charge is -2.13. The molecule has 3 amide bonds. The van der Waals surface area contributed by atoms with Crippen molar-refractivity contribution in [1.29, 1.82) is 0 Å². The van der Waals surface area contributed by atoms with Crippen molar-refractivity contribution in [3.8, 4) is 5.75 Å². The number of carbonyl (C=O) groups is 3. The van der Waals surface area contributed by atoms with Crippen LogP contribution in [0.15, 0.2) is 48.5 Å². The molecule has 1 aliphatic rings. The first-order chi connectivity index (χ1) is 13.0. The molecule has 0 aliphatic carbocycles. The second-order valence-corrected chi connectivity index (χ2v) is 6.89. The Bertz CT molecular complexity index is 855. The summed E-state index contributed by atoms with van der Waals surface area (Å²) in [5.41, 5.74) is 0.855. The SMILES string of the molecule is CCOc1ccc(NC(=O)C[C@H]2SC(=O)N(c3ccc(F)cc3)C2=O)cc1. The summed E-state index contributed by atoms with van der Waals surface area (Å²) in [6.07, 6.45) is -0.139. The number of imide groups is 1. The maximum atomic E-state index is 13.0. The van der Waals surface area contributed by atoms with E-state index in [1.54, 1.807) is 24.3 Å². The van der Waals surface area contributed by atoms with E-state index in [0.29, 0.717) is 18.0 Å². The first kappa shape index (κ1) is 18.9. The quantitative estimate of drug-likeness (QED) is 0.814. The molecule has 1 atom stereocenters. The van der Waals surface area contributed by atoms with Crippen molar-refractivity contribution in [3.63, 3.8) is 0 Å². The van der Waals surface area contributed by atoms with Crippen molar-refractivity contribution in [2.24, 2.45) is 0 Å². The zero-order valence-electron chi connectivity index (χ0n) is 14.5. The normalized spacial score (nSPS) is 16.5. The molecule has 1 aliphatic heterocycles. The molecule has 0 spiro atoms. The molecule has 3 rings (SSSR count). The van der Waals surface area contributed by atoms with Gasteiger partial charge in [0.2, 0.25) is 11.8 Å². The zero-order chi connectivity index (χ0) is 19.4. The van der Waals surface area contributed by atoms with Gasteiger partial charge in [-0.1, -0.05) is 0 Å². The Hall–Kier alpha value is -2.87. The third kappa shape index (κ3) is 4.46. The Morgan fingerprint density at radius 3 is 2.44 bits per heavy atom. The number of nitrogens with one attached hydrogen (secondary N) is 1. The van der Waals surface area contributed by atoms with E-state index in [0.717, 1.165) is 16.7 Å². The number of hydrogen-bond acceptors (Lipinski definition) is 5. The highest BCUT2D eigenvalue weighted by Crippen LogP contribution is 2.33. The maximum absolute atomic E-state index is 13.0. The summed E-state index contributed by atoms with van der Waals surface area (Å²) in [5, 5.41) is 1.40. The van der Waals surface area contributed by atoms with E-state index in [1.165, 1.54) is 24.3 Å². The molecule has 0 unspecified atom stereocenters. The van der Waals surface area contributed by atoms with Crippen molar-refractivity contribution in [3.05, 3.63) is 54.3 Å². The molecule has 2 aromatic rings. The molecule has 0 radical (unpaired) electrons. The van der Waals surface area contributed by atoms with E-state index in [2.05, 4.69) is 5.32 Å². The molecule has 0 aromatic heterocycles. The van der Waals surface area contributed by atoms with Crippen LogP contribution >= 0.6 is 11.8 Å². The van der Waals surface area contributed by atoms with Gasteiger partial charge in [0.1, 0.15) is 16.8 Å². The molecular formula is C19H17FN2O4S. The molecule has 2 aromatic carbocycles. The van der Waals surface area contributed by atoms with Crippen molar-refractivity contribution in [1.82, 2.24) is 0 Å². The smallest absolute Gasteiger partial charge is 0.293 e. The Balaban J connectivity index is 1.62. The highest BCUT2D eigenvalue weighted by Gasteiger charge is 2.41. The van der Waals surface area contributed by atoms with Gasteiger partial charge in [-0.25, -0.2) is 9.29 Å². The number of thioether (sulfide) groups is 1. The van der Waals surface area contributed by atoms with Crippen LogP contribution in [0.5, 0.6) is 5.75 Å². The van der Waals surface area contributed by atoms with Crippen LogP contribution in [0.3, 0.4) is 0 Å². The van der Waals surface area contributed by atoms with Crippen LogP contribution < -0.4 is 15.0 Å². The second-order valence-electron chi connectivity index (χ2n) is 5.73. The summed E-state index contributed by atoms with van der Waals surface area (Å²) in [7, 11) is 0. The van der Waals surface area contributed by atoms with Gasteiger partial charge in [0, 0.05) is 12.1 Å². The van der Waals surface area contributed by atoms with E-state index < -0.39 is 22.2 Å². The van der Waals surface area contributed by atoms with Crippen molar-refractivity contribution in [2.45, 2.75) is 18.6 Å². The highest BCUT2D eigenvalue weighted by molar-refractivity contribution is 8.15. The van der Waals surface area contributed by atoms with Gasteiger partial charge in [0.05, 0.1) is 12.3 Å².